The Morgan fingerprint density at radius 2 is 2.00 bits per heavy atom. The molecule has 1 amide bonds. The Labute approximate surface area is 122 Å². The van der Waals surface area contributed by atoms with Crippen molar-refractivity contribution in [3.63, 3.8) is 0 Å². The number of benzene rings is 1. The number of carbonyl (C=O) groups is 1. The van der Waals surface area contributed by atoms with Gasteiger partial charge in [0.25, 0.3) is 10.0 Å². The molecule has 1 fully saturated rings. The van der Waals surface area contributed by atoms with Gasteiger partial charge in [0.1, 0.15) is 10.7 Å². The summed E-state index contributed by atoms with van der Waals surface area (Å²) in [7, 11) is -4.08. The fourth-order valence-electron chi connectivity index (χ4n) is 2.18. The minimum absolute atomic E-state index is 0.165. The van der Waals surface area contributed by atoms with Gasteiger partial charge in [-0.15, -0.1) is 0 Å². The van der Waals surface area contributed by atoms with Crippen LogP contribution in [-0.4, -0.2) is 20.4 Å². The van der Waals surface area contributed by atoms with Crippen molar-refractivity contribution in [1.29, 1.82) is 0 Å². The van der Waals surface area contributed by atoms with Crippen LogP contribution in [0.3, 0.4) is 0 Å². The highest BCUT2D eigenvalue weighted by Crippen LogP contribution is 2.22. The number of carbonyl (C=O) groups excluding carboxylic acids is 1. The largest absolute Gasteiger partial charge is 0.326 e. The van der Waals surface area contributed by atoms with Crippen molar-refractivity contribution in [3.8, 4) is 0 Å². The number of sulfonamides is 1. The molecule has 8 heteroatoms. The molecule has 1 aliphatic rings. The van der Waals surface area contributed by atoms with Crippen LogP contribution in [0.2, 0.25) is 0 Å². The lowest BCUT2D eigenvalue weighted by Crippen LogP contribution is -2.29. The summed E-state index contributed by atoms with van der Waals surface area (Å²) in [5, 5.41) is 2.38. The molecular formula is C13H17FN2O4S. The summed E-state index contributed by atoms with van der Waals surface area (Å²) in [5.74, 6) is -1.32. The van der Waals surface area contributed by atoms with Gasteiger partial charge in [0.2, 0.25) is 5.91 Å². The maximum atomic E-state index is 13.9. The van der Waals surface area contributed by atoms with Crippen LogP contribution in [0, 0.1) is 5.82 Å². The van der Waals surface area contributed by atoms with Crippen LogP contribution in [0.4, 0.5) is 10.1 Å². The number of hydrogen-bond acceptors (Lipinski definition) is 4. The first-order valence-corrected chi connectivity index (χ1v) is 8.11. The summed E-state index contributed by atoms with van der Waals surface area (Å²) in [6.07, 6.45) is 3.39. The fourth-order valence-corrected chi connectivity index (χ4v) is 3.10. The number of anilines is 1. The van der Waals surface area contributed by atoms with Crippen molar-refractivity contribution < 1.29 is 22.4 Å². The maximum absolute atomic E-state index is 13.9. The molecule has 0 aliphatic heterocycles. The third kappa shape index (κ3) is 4.23. The van der Waals surface area contributed by atoms with E-state index in [9.17, 15) is 17.6 Å². The van der Waals surface area contributed by atoms with E-state index in [2.05, 4.69) is 5.32 Å². The zero-order valence-electron chi connectivity index (χ0n) is 11.6. The number of rotatable bonds is 5. The molecule has 0 atom stereocenters. The summed E-state index contributed by atoms with van der Waals surface area (Å²) < 4.78 is 37.8. The second kappa shape index (κ2) is 6.50. The lowest BCUT2D eigenvalue weighted by molar-refractivity contribution is -0.114. The number of amides is 1. The quantitative estimate of drug-likeness (QED) is 0.813. The molecule has 116 valence electrons. The van der Waals surface area contributed by atoms with E-state index in [1.54, 1.807) is 0 Å². The van der Waals surface area contributed by atoms with Crippen LogP contribution in [0.15, 0.2) is 23.1 Å². The summed E-state index contributed by atoms with van der Waals surface area (Å²) >= 11 is 0. The van der Waals surface area contributed by atoms with Crippen molar-refractivity contribution in [3.05, 3.63) is 24.0 Å². The van der Waals surface area contributed by atoms with E-state index in [-0.39, 0.29) is 17.7 Å². The second-order valence-corrected chi connectivity index (χ2v) is 6.55. The normalized spacial score (nSPS) is 16.1. The Hall–Kier alpha value is -1.51. The molecule has 1 saturated carbocycles. The lowest BCUT2D eigenvalue weighted by atomic mass is 10.3. The topological polar surface area (TPSA) is 84.5 Å². The standard InChI is InChI=1S/C13H17FN2O4S/c1-9(17)15-10-6-7-13(12(14)8-10)21(18,19)16-20-11-4-2-3-5-11/h6-8,11,16H,2-5H2,1H3,(H,15,17). The fraction of sp³-hybridized carbons (Fsp3) is 0.462. The van der Waals surface area contributed by atoms with Gasteiger partial charge >= 0.3 is 0 Å². The molecule has 0 radical (unpaired) electrons. The Kier molecular flexibility index (Phi) is 4.92. The van der Waals surface area contributed by atoms with Gasteiger partial charge in [0.05, 0.1) is 6.10 Å². The average Bonchev–Trinajstić information content (AvgIpc) is 2.88. The van der Waals surface area contributed by atoms with Gasteiger partial charge in [-0.25, -0.2) is 12.8 Å². The van der Waals surface area contributed by atoms with Crippen molar-refractivity contribution in [2.75, 3.05) is 5.32 Å². The molecule has 0 bridgehead atoms. The minimum atomic E-state index is -4.08. The summed E-state index contributed by atoms with van der Waals surface area (Å²) in [4.78, 5) is 17.4. The highest BCUT2D eigenvalue weighted by atomic mass is 32.2. The molecule has 0 spiro atoms. The molecule has 2 rings (SSSR count). The highest BCUT2D eigenvalue weighted by Gasteiger charge is 2.23. The average molecular weight is 316 g/mol. The second-order valence-electron chi connectivity index (χ2n) is 4.94. The van der Waals surface area contributed by atoms with E-state index in [0.29, 0.717) is 0 Å². The Bertz CT molecular complexity index is 627. The van der Waals surface area contributed by atoms with E-state index in [0.717, 1.165) is 37.8 Å². The number of nitrogens with one attached hydrogen (secondary N) is 2. The zero-order valence-corrected chi connectivity index (χ0v) is 12.4. The van der Waals surface area contributed by atoms with Gasteiger partial charge in [-0.3, -0.25) is 9.63 Å². The minimum Gasteiger partial charge on any atom is -0.326 e. The zero-order chi connectivity index (χ0) is 15.5. The van der Waals surface area contributed by atoms with Gasteiger partial charge in [0, 0.05) is 12.6 Å². The first-order chi connectivity index (χ1) is 9.88. The van der Waals surface area contributed by atoms with Gasteiger partial charge < -0.3 is 5.32 Å². The van der Waals surface area contributed by atoms with Crippen molar-refractivity contribution in [2.45, 2.75) is 43.6 Å². The predicted octanol–water partition coefficient (Wildman–Crippen LogP) is 1.94. The Morgan fingerprint density at radius 1 is 1.33 bits per heavy atom. The van der Waals surface area contributed by atoms with Gasteiger partial charge in [-0.1, -0.05) is 17.7 Å². The van der Waals surface area contributed by atoms with E-state index < -0.39 is 20.7 Å². The van der Waals surface area contributed by atoms with E-state index >= 15 is 0 Å². The lowest BCUT2D eigenvalue weighted by Gasteiger charge is -2.13. The van der Waals surface area contributed by atoms with Gasteiger partial charge in [0.15, 0.2) is 0 Å². The van der Waals surface area contributed by atoms with Crippen LogP contribution in [0.1, 0.15) is 32.6 Å². The number of hydrogen-bond donors (Lipinski definition) is 2. The third-order valence-electron chi connectivity index (χ3n) is 3.17. The van der Waals surface area contributed by atoms with Crippen molar-refractivity contribution in [1.82, 2.24) is 4.89 Å². The molecule has 0 saturated heterocycles. The van der Waals surface area contributed by atoms with Gasteiger partial charge in [-0.2, -0.15) is 0 Å². The smallest absolute Gasteiger partial charge is 0.265 e. The monoisotopic (exact) mass is 316 g/mol. The Balaban J connectivity index is 2.09. The van der Waals surface area contributed by atoms with Crippen LogP contribution in [0.5, 0.6) is 0 Å². The molecule has 1 aromatic rings. The molecule has 0 aromatic heterocycles. The predicted molar refractivity (Wildman–Crippen MR) is 74.4 cm³/mol. The van der Waals surface area contributed by atoms with Crippen molar-refractivity contribution >= 4 is 21.6 Å². The molecule has 2 N–H and O–H groups in total. The van der Waals surface area contributed by atoms with E-state index in [1.165, 1.54) is 13.0 Å². The third-order valence-corrected chi connectivity index (χ3v) is 4.39. The van der Waals surface area contributed by atoms with Crippen LogP contribution < -0.4 is 10.2 Å². The van der Waals surface area contributed by atoms with Crippen LogP contribution >= 0.6 is 0 Å². The van der Waals surface area contributed by atoms with Crippen LogP contribution in [-0.2, 0) is 19.7 Å². The maximum Gasteiger partial charge on any atom is 0.265 e. The summed E-state index contributed by atoms with van der Waals surface area (Å²) in [5.41, 5.74) is 0.190. The van der Waals surface area contributed by atoms with Gasteiger partial charge in [-0.05, 0) is 31.0 Å². The van der Waals surface area contributed by atoms with Crippen LogP contribution in [0.25, 0.3) is 0 Å². The van der Waals surface area contributed by atoms with Crippen molar-refractivity contribution in [2.24, 2.45) is 0 Å². The molecule has 0 unspecified atom stereocenters. The first-order valence-electron chi connectivity index (χ1n) is 6.63. The SMILES string of the molecule is CC(=O)Nc1ccc(S(=O)(=O)NOC2CCCC2)c(F)c1. The molecule has 6 nitrogen and oxygen atoms in total. The molecule has 21 heavy (non-hydrogen) atoms. The summed E-state index contributed by atoms with van der Waals surface area (Å²) in [6.45, 7) is 1.28. The molecule has 1 aliphatic carbocycles. The highest BCUT2D eigenvalue weighted by molar-refractivity contribution is 7.89. The first kappa shape index (κ1) is 15.9. The molecule has 1 aromatic carbocycles. The Morgan fingerprint density at radius 3 is 2.57 bits per heavy atom. The van der Waals surface area contributed by atoms with E-state index in [4.69, 9.17) is 4.84 Å². The number of halogens is 1. The molecule has 0 heterocycles. The van der Waals surface area contributed by atoms with E-state index in [1.807, 2.05) is 4.89 Å². The summed E-state index contributed by atoms with van der Waals surface area (Å²) in [6, 6.07) is 3.35. The molecular weight excluding hydrogens is 299 g/mol.